The van der Waals surface area contributed by atoms with Gasteiger partial charge in [0.15, 0.2) is 0 Å². The molecule has 0 saturated carbocycles. The van der Waals surface area contributed by atoms with Gasteiger partial charge in [0, 0.05) is 32.5 Å². The van der Waals surface area contributed by atoms with E-state index in [0.717, 1.165) is 5.69 Å². The molecule has 5 nitrogen and oxygen atoms in total. The standard InChI is InChI=1S/C13H21N3O2/c1-13(2,7-9-17)10-14-12(18)5-4-11-6-8-15-16(11)3/h4-6,8,17H,7,9-10H2,1-3H3,(H,14,18)/b5-4+. The number of nitrogens with one attached hydrogen (secondary N) is 1. The summed E-state index contributed by atoms with van der Waals surface area (Å²) in [4.78, 5) is 11.6. The van der Waals surface area contributed by atoms with Crippen molar-refractivity contribution in [2.75, 3.05) is 13.2 Å². The molecule has 100 valence electrons. The number of aliphatic hydroxyl groups excluding tert-OH is 1. The lowest BCUT2D eigenvalue weighted by Crippen LogP contribution is -2.33. The average molecular weight is 251 g/mol. The summed E-state index contributed by atoms with van der Waals surface area (Å²) in [6.07, 6.45) is 5.56. The molecule has 1 aromatic heterocycles. The van der Waals surface area contributed by atoms with Gasteiger partial charge in [-0.2, -0.15) is 5.10 Å². The van der Waals surface area contributed by atoms with E-state index in [9.17, 15) is 4.79 Å². The lowest BCUT2D eigenvalue weighted by Gasteiger charge is -2.23. The minimum Gasteiger partial charge on any atom is -0.396 e. The zero-order chi connectivity index (χ0) is 13.6. The van der Waals surface area contributed by atoms with Crippen molar-refractivity contribution in [3.8, 4) is 0 Å². The molecule has 1 heterocycles. The highest BCUT2D eigenvalue weighted by molar-refractivity contribution is 5.91. The molecule has 0 unspecified atom stereocenters. The van der Waals surface area contributed by atoms with Crippen LogP contribution in [0.2, 0.25) is 0 Å². The van der Waals surface area contributed by atoms with Crippen LogP contribution in [0.5, 0.6) is 0 Å². The third-order valence-corrected chi connectivity index (χ3v) is 2.79. The molecule has 0 aromatic carbocycles. The first kappa shape index (κ1) is 14.4. The van der Waals surface area contributed by atoms with E-state index in [0.29, 0.717) is 13.0 Å². The van der Waals surface area contributed by atoms with Crippen molar-refractivity contribution < 1.29 is 9.90 Å². The Labute approximate surface area is 108 Å². The van der Waals surface area contributed by atoms with Gasteiger partial charge in [0.2, 0.25) is 5.91 Å². The third-order valence-electron chi connectivity index (χ3n) is 2.79. The summed E-state index contributed by atoms with van der Waals surface area (Å²) < 4.78 is 1.69. The van der Waals surface area contributed by atoms with Crippen molar-refractivity contribution in [3.63, 3.8) is 0 Å². The number of nitrogens with zero attached hydrogens (tertiary/aromatic N) is 2. The summed E-state index contributed by atoms with van der Waals surface area (Å²) in [6, 6.07) is 1.83. The fourth-order valence-electron chi connectivity index (χ4n) is 1.49. The first-order valence-electron chi connectivity index (χ1n) is 5.99. The second kappa shape index (κ2) is 6.35. The summed E-state index contributed by atoms with van der Waals surface area (Å²) in [6.45, 7) is 4.69. The normalized spacial score (nSPS) is 12.0. The van der Waals surface area contributed by atoms with E-state index in [1.54, 1.807) is 17.0 Å². The Balaban J connectivity index is 2.43. The van der Waals surface area contributed by atoms with Crippen LogP contribution in [0.15, 0.2) is 18.3 Å². The number of aryl methyl sites for hydroxylation is 1. The van der Waals surface area contributed by atoms with Gasteiger partial charge < -0.3 is 10.4 Å². The van der Waals surface area contributed by atoms with Crippen molar-refractivity contribution in [1.29, 1.82) is 0 Å². The maximum absolute atomic E-state index is 11.6. The van der Waals surface area contributed by atoms with Gasteiger partial charge in [-0.3, -0.25) is 9.48 Å². The predicted octanol–water partition coefficient (Wildman–Crippen LogP) is 0.958. The number of hydrogen-bond donors (Lipinski definition) is 2. The van der Waals surface area contributed by atoms with Crippen molar-refractivity contribution in [3.05, 3.63) is 24.0 Å². The number of hydrogen-bond acceptors (Lipinski definition) is 3. The SMILES string of the molecule is Cn1nccc1/C=C/C(=O)NCC(C)(C)CCO. The monoisotopic (exact) mass is 251 g/mol. The van der Waals surface area contributed by atoms with Gasteiger partial charge in [0.05, 0.1) is 5.69 Å². The number of carbonyl (C=O) groups is 1. The highest BCUT2D eigenvalue weighted by Crippen LogP contribution is 2.17. The Kier molecular flexibility index (Phi) is 5.09. The number of aromatic nitrogens is 2. The molecule has 0 atom stereocenters. The Morgan fingerprint density at radius 1 is 1.61 bits per heavy atom. The van der Waals surface area contributed by atoms with Crippen LogP contribution in [-0.2, 0) is 11.8 Å². The Bertz CT molecular complexity index is 422. The maximum atomic E-state index is 11.6. The molecule has 0 aliphatic carbocycles. The second-order valence-corrected chi connectivity index (χ2v) is 5.07. The van der Waals surface area contributed by atoms with E-state index in [4.69, 9.17) is 5.11 Å². The molecule has 0 fully saturated rings. The molecule has 1 amide bonds. The molecule has 0 radical (unpaired) electrons. The molecular weight excluding hydrogens is 230 g/mol. The molecule has 18 heavy (non-hydrogen) atoms. The fourth-order valence-corrected chi connectivity index (χ4v) is 1.49. The van der Waals surface area contributed by atoms with Crippen LogP contribution >= 0.6 is 0 Å². The predicted molar refractivity (Wildman–Crippen MR) is 70.7 cm³/mol. The summed E-state index contributed by atoms with van der Waals surface area (Å²) in [5.74, 6) is -0.137. The second-order valence-electron chi connectivity index (χ2n) is 5.07. The van der Waals surface area contributed by atoms with Crippen molar-refractivity contribution in [2.24, 2.45) is 12.5 Å². The Morgan fingerprint density at radius 3 is 2.89 bits per heavy atom. The van der Waals surface area contributed by atoms with Crippen LogP contribution in [0.1, 0.15) is 26.0 Å². The molecule has 1 aromatic rings. The average Bonchev–Trinajstić information content (AvgIpc) is 2.70. The van der Waals surface area contributed by atoms with Gasteiger partial charge in [-0.1, -0.05) is 13.8 Å². The van der Waals surface area contributed by atoms with E-state index >= 15 is 0 Å². The summed E-state index contributed by atoms with van der Waals surface area (Å²) in [5.41, 5.74) is 0.782. The third kappa shape index (κ3) is 4.71. The summed E-state index contributed by atoms with van der Waals surface area (Å²) in [5, 5.41) is 15.7. The molecule has 0 aliphatic heterocycles. The van der Waals surface area contributed by atoms with Crippen LogP contribution in [0, 0.1) is 5.41 Å². The zero-order valence-corrected chi connectivity index (χ0v) is 11.2. The van der Waals surface area contributed by atoms with Crippen LogP contribution in [0.3, 0.4) is 0 Å². The highest BCUT2D eigenvalue weighted by atomic mass is 16.3. The minimum atomic E-state index is -0.137. The number of carbonyl (C=O) groups excluding carboxylic acids is 1. The quantitative estimate of drug-likeness (QED) is 0.740. The van der Waals surface area contributed by atoms with E-state index < -0.39 is 0 Å². The molecule has 1 rings (SSSR count). The highest BCUT2D eigenvalue weighted by Gasteiger charge is 2.17. The van der Waals surface area contributed by atoms with Gasteiger partial charge in [0.25, 0.3) is 0 Å². The largest absolute Gasteiger partial charge is 0.396 e. The van der Waals surface area contributed by atoms with Crippen molar-refractivity contribution >= 4 is 12.0 Å². The van der Waals surface area contributed by atoms with E-state index in [1.165, 1.54) is 6.08 Å². The number of amides is 1. The summed E-state index contributed by atoms with van der Waals surface area (Å²) >= 11 is 0. The molecular formula is C13H21N3O2. The lowest BCUT2D eigenvalue weighted by molar-refractivity contribution is -0.116. The van der Waals surface area contributed by atoms with Gasteiger partial charge in [-0.25, -0.2) is 0 Å². The Hall–Kier alpha value is -1.62. The number of aliphatic hydroxyl groups is 1. The van der Waals surface area contributed by atoms with Crippen molar-refractivity contribution in [1.82, 2.24) is 15.1 Å². The first-order valence-corrected chi connectivity index (χ1v) is 5.99. The van der Waals surface area contributed by atoms with Crippen LogP contribution in [0.25, 0.3) is 6.08 Å². The Morgan fingerprint density at radius 2 is 2.33 bits per heavy atom. The van der Waals surface area contributed by atoms with E-state index in [-0.39, 0.29) is 17.9 Å². The smallest absolute Gasteiger partial charge is 0.244 e. The van der Waals surface area contributed by atoms with Gasteiger partial charge in [-0.05, 0) is 24.0 Å². The zero-order valence-electron chi connectivity index (χ0n) is 11.2. The molecule has 2 N–H and O–H groups in total. The summed E-state index contributed by atoms with van der Waals surface area (Å²) in [7, 11) is 1.82. The van der Waals surface area contributed by atoms with Gasteiger partial charge in [-0.15, -0.1) is 0 Å². The molecule has 0 saturated heterocycles. The first-order chi connectivity index (χ1) is 8.44. The van der Waals surface area contributed by atoms with Gasteiger partial charge in [0.1, 0.15) is 0 Å². The van der Waals surface area contributed by atoms with E-state index in [2.05, 4.69) is 10.4 Å². The van der Waals surface area contributed by atoms with E-state index in [1.807, 2.05) is 27.0 Å². The van der Waals surface area contributed by atoms with Crippen LogP contribution < -0.4 is 5.32 Å². The molecule has 0 spiro atoms. The molecule has 0 bridgehead atoms. The van der Waals surface area contributed by atoms with Crippen LogP contribution in [0.4, 0.5) is 0 Å². The molecule has 0 aliphatic rings. The topological polar surface area (TPSA) is 67.2 Å². The molecule has 5 heteroatoms. The maximum Gasteiger partial charge on any atom is 0.244 e. The lowest BCUT2D eigenvalue weighted by atomic mass is 9.90. The number of rotatable bonds is 6. The van der Waals surface area contributed by atoms with Crippen LogP contribution in [-0.4, -0.2) is 33.9 Å². The van der Waals surface area contributed by atoms with Crippen molar-refractivity contribution in [2.45, 2.75) is 20.3 Å². The fraction of sp³-hybridized carbons (Fsp3) is 0.538. The van der Waals surface area contributed by atoms with Gasteiger partial charge >= 0.3 is 0 Å². The minimum absolute atomic E-state index is 0.0925.